The molecule has 2 aromatic rings. The minimum atomic E-state index is 0.226. The Balaban J connectivity index is 2.73. The van der Waals surface area contributed by atoms with Crippen LogP contribution in [0.5, 0.6) is 5.75 Å². The van der Waals surface area contributed by atoms with Crippen molar-refractivity contribution in [1.82, 2.24) is 9.97 Å². The Bertz CT molecular complexity index is 511. The molecule has 0 bridgehead atoms. The second-order valence-electron chi connectivity index (χ2n) is 3.73. The molecule has 0 atom stereocenters. The third-order valence-corrected chi connectivity index (χ3v) is 2.77. The molecule has 1 aromatic heterocycles. The van der Waals surface area contributed by atoms with Crippen LogP contribution in [0.25, 0.3) is 10.9 Å². The highest BCUT2D eigenvalue weighted by Gasteiger charge is 2.08. The largest absolute Gasteiger partial charge is 0.508 e. The predicted octanol–water partition coefficient (Wildman–Crippen LogP) is 3.22. The van der Waals surface area contributed by atoms with Gasteiger partial charge in [0.15, 0.2) is 0 Å². The van der Waals surface area contributed by atoms with Crippen molar-refractivity contribution in [2.75, 3.05) is 0 Å². The highest BCUT2D eigenvalue weighted by Crippen LogP contribution is 2.26. The molecule has 0 aliphatic rings. The van der Waals surface area contributed by atoms with Gasteiger partial charge in [-0.25, -0.2) is 9.97 Å². The minimum Gasteiger partial charge on any atom is -0.508 e. The number of halogens is 1. The number of aromatic hydroxyl groups is 1. The lowest BCUT2D eigenvalue weighted by molar-refractivity contribution is 0.476. The van der Waals surface area contributed by atoms with Gasteiger partial charge >= 0.3 is 0 Å². The molecule has 1 N–H and O–H groups in total. The van der Waals surface area contributed by atoms with Crippen LogP contribution in [0.3, 0.4) is 0 Å². The standard InChI is InChI=1S/C11H11BrN2O/c1-6(2)11-13-9-4-3-7(15)5-8(9)10(12)14-11/h3-6,15H,1-2H3. The van der Waals surface area contributed by atoms with Crippen LogP contribution in [-0.2, 0) is 0 Å². The van der Waals surface area contributed by atoms with E-state index in [-0.39, 0.29) is 5.75 Å². The quantitative estimate of drug-likeness (QED) is 0.807. The average Bonchev–Trinajstić information content (AvgIpc) is 2.18. The molecule has 0 aliphatic heterocycles. The summed E-state index contributed by atoms with van der Waals surface area (Å²) in [4.78, 5) is 8.76. The van der Waals surface area contributed by atoms with E-state index in [1.54, 1.807) is 18.2 Å². The maximum absolute atomic E-state index is 9.36. The maximum atomic E-state index is 9.36. The third-order valence-electron chi connectivity index (χ3n) is 2.17. The summed E-state index contributed by atoms with van der Waals surface area (Å²) in [6.07, 6.45) is 0. The lowest BCUT2D eigenvalue weighted by atomic mass is 10.2. The van der Waals surface area contributed by atoms with E-state index in [1.165, 1.54) is 0 Å². The molecule has 0 unspecified atom stereocenters. The Kier molecular flexibility index (Phi) is 2.61. The van der Waals surface area contributed by atoms with Gasteiger partial charge in [-0.3, -0.25) is 0 Å². The second kappa shape index (κ2) is 3.77. The van der Waals surface area contributed by atoms with Gasteiger partial charge in [0.05, 0.1) is 5.52 Å². The minimum absolute atomic E-state index is 0.226. The second-order valence-corrected chi connectivity index (χ2v) is 4.48. The number of phenols is 1. The summed E-state index contributed by atoms with van der Waals surface area (Å²) in [5.41, 5.74) is 0.846. The Hall–Kier alpha value is -1.16. The molecule has 3 nitrogen and oxygen atoms in total. The summed E-state index contributed by atoms with van der Waals surface area (Å²) >= 11 is 3.39. The Morgan fingerprint density at radius 1 is 1.27 bits per heavy atom. The van der Waals surface area contributed by atoms with E-state index in [2.05, 4.69) is 25.9 Å². The first-order chi connectivity index (χ1) is 7.08. The molecule has 0 fully saturated rings. The van der Waals surface area contributed by atoms with E-state index in [1.807, 2.05) is 13.8 Å². The molecule has 4 heteroatoms. The summed E-state index contributed by atoms with van der Waals surface area (Å²) < 4.78 is 0.729. The first-order valence-corrected chi connectivity index (χ1v) is 5.53. The number of nitrogens with zero attached hydrogens (tertiary/aromatic N) is 2. The van der Waals surface area contributed by atoms with E-state index < -0.39 is 0 Å². The van der Waals surface area contributed by atoms with Crippen molar-refractivity contribution in [2.45, 2.75) is 19.8 Å². The van der Waals surface area contributed by atoms with Crippen LogP contribution in [0.15, 0.2) is 22.8 Å². The van der Waals surface area contributed by atoms with Crippen LogP contribution in [0.1, 0.15) is 25.6 Å². The van der Waals surface area contributed by atoms with Crippen LogP contribution < -0.4 is 0 Å². The Labute approximate surface area is 96.3 Å². The fourth-order valence-electron chi connectivity index (χ4n) is 1.35. The zero-order valence-electron chi connectivity index (χ0n) is 8.53. The molecule has 1 aromatic carbocycles. The number of hydrogen-bond acceptors (Lipinski definition) is 3. The van der Waals surface area contributed by atoms with Crippen molar-refractivity contribution in [2.24, 2.45) is 0 Å². The van der Waals surface area contributed by atoms with Crippen molar-refractivity contribution < 1.29 is 5.11 Å². The number of fused-ring (bicyclic) bond motifs is 1. The average molecular weight is 267 g/mol. The van der Waals surface area contributed by atoms with E-state index in [0.717, 1.165) is 21.3 Å². The number of hydrogen-bond donors (Lipinski definition) is 1. The van der Waals surface area contributed by atoms with Gasteiger partial charge in [-0.15, -0.1) is 0 Å². The Morgan fingerprint density at radius 3 is 2.67 bits per heavy atom. The maximum Gasteiger partial charge on any atom is 0.132 e. The van der Waals surface area contributed by atoms with Crippen LogP contribution in [-0.4, -0.2) is 15.1 Å². The van der Waals surface area contributed by atoms with Gasteiger partial charge < -0.3 is 5.11 Å². The zero-order chi connectivity index (χ0) is 11.0. The van der Waals surface area contributed by atoms with E-state index in [0.29, 0.717) is 5.92 Å². The highest BCUT2D eigenvalue weighted by atomic mass is 79.9. The summed E-state index contributed by atoms with van der Waals surface area (Å²) in [5.74, 6) is 1.32. The fraction of sp³-hybridized carbons (Fsp3) is 0.273. The van der Waals surface area contributed by atoms with Gasteiger partial charge in [-0.2, -0.15) is 0 Å². The normalized spacial score (nSPS) is 11.2. The van der Waals surface area contributed by atoms with Gasteiger partial charge in [-0.1, -0.05) is 13.8 Å². The van der Waals surface area contributed by atoms with Crippen molar-refractivity contribution in [1.29, 1.82) is 0 Å². The van der Waals surface area contributed by atoms with Crippen molar-refractivity contribution in [3.63, 3.8) is 0 Å². The molecule has 78 valence electrons. The summed E-state index contributed by atoms with van der Waals surface area (Å²) in [6.45, 7) is 4.10. The number of phenolic OH excluding ortho intramolecular Hbond substituents is 1. The van der Waals surface area contributed by atoms with Crippen LogP contribution in [0.4, 0.5) is 0 Å². The van der Waals surface area contributed by atoms with Gasteiger partial charge in [0.1, 0.15) is 16.2 Å². The van der Waals surface area contributed by atoms with Crippen LogP contribution in [0.2, 0.25) is 0 Å². The molecule has 2 rings (SSSR count). The molecule has 0 amide bonds. The summed E-state index contributed by atoms with van der Waals surface area (Å²) in [6, 6.07) is 5.08. The number of benzene rings is 1. The van der Waals surface area contributed by atoms with E-state index in [4.69, 9.17) is 0 Å². The lowest BCUT2D eigenvalue weighted by Crippen LogP contribution is -1.98. The Morgan fingerprint density at radius 2 is 2.00 bits per heavy atom. The molecular weight excluding hydrogens is 256 g/mol. The van der Waals surface area contributed by atoms with Crippen LogP contribution >= 0.6 is 15.9 Å². The van der Waals surface area contributed by atoms with Gasteiger partial charge in [-0.05, 0) is 34.1 Å². The molecule has 0 saturated heterocycles. The third kappa shape index (κ3) is 1.95. The van der Waals surface area contributed by atoms with Crippen molar-refractivity contribution >= 4 is 26.8 Å². The molecule has 0 aliphatic carbocycles. The van der Waals surface area contributed by atoms with Crippen molar-refractivity contribution in [3.05, 3.63) is 28.6 Å². The fourth-order valence-corrected chi connectivity index (χ4v) is 1.85. The monoisotopic (exact) mass is 266 g/mol. The molecular formula is C11H11BrN2O. The molecule has 1 heterocycles. The van der Waals surface area contributed by atoms with Gasteiger partial charge in [0.2, 0.25) is 0 Å². The molecule has 0 saturated carbocycles. The topological polar surface area (TPSA) is 46.0 Å². The SMILES string of the molecule is CC(C)c1nc(Br)c2cc(O)ccc2n1. The smallest absolute Gasteiger partial charge is 0.132 e. The molecule has 15 heavy (non-hydrogen) atoms. The van der Waals surface area contributed by atoms with Crippen LogP contribution in [0, 0.1) is 0 Å². The number of rotatable bonds is 1. The highest BCUT2D eigenvalue weighted by molar-refractivity contribution is 9.10. The first kappa shape index (κ1) is 10.4. The summed E-state index contributed by atoms with van der Waals surface area (Å²) in [7, 11) is 0. The summed E-state index contributed by atoms with van der Waals surface area (Å²) in [5, 5.41) is 10.2. The predicted molar refractivity (Wildman–Crippen MR) is 63.0 cm³/mol. The lowest BCUT2D eigenvalue weighted by Gasteiger charge is -2.07. The van der Waals surface area contributed by atoms with Crippen molar-refractivity contribution in [3.8, 4) is 5.75 Å². The first-order valence-electron chi connectivity index (χ1n) is 4.74. The molecule has 0 spiro atoms. The van der Waals surface area contributed by atoms with E-state index >= 15 is 0 Å². The van der Waals surface area contributed by atoms with Gasteiger partial charge in [0, 0.05) is 11.3 Å². The molecule has 0 radical (unpaired) electrons. The van der Waals surface area contributed by atoms with E-state index in [9.17, 15) is 5.11 Å². The zero-order valence-corrected chi connectivity index (χ0v) is 10.1. The van der Waals surface area contributed by atoms with Gasteiger partial charge in [0.25, 0.3) is 0 Å². The number of aromatic nitrogens is 2.